The van der Waals surface area contributed by atoms with E-state index in [0.29, 0.717) is 17.1 Å². The summed E-state index contributed by atoms with van der Waals surface area (Å²) in [6.45, 7) is 3.73. The van der Waals surface area contributed by atoms with Gasteiger partial charge in [-0.1, -0.05) is 35.9 Å². The first kappa shape index (κ1) is 20.5. The smallest absolute Gasteiger partial charge is 0.271 e. The molecule has 1 aromatic heterocycles. The lowest BCUT2D eigenvalue weighted by Gasteiger charge is -2.05. The Morgan fingerprint density at radius 1 is 1.03 bits per heavy atom. The minimum atomic E-state index is -3.63. The molecule has 0 radical (unpaired) electrons. The van der Waals surface area contributed by atoms with Crippen LogP contribution in [0.3, 0.4) is 0 Å². The zero-order valence-electron chi connectivity index (χ0n) is 16.0. The van der Waals surface area contributed by atoms with E-state index in [2.05, 4.69) is 15.2 Å². The zero-order valence-corrected chi connectivity index (χ0v) is 16.9. The van der Waals surface area contributed by atoms with Crippen LogP contribution in [-0.4, -0.2) is 20.5 Å². The van der Waals surface area contributed by atoms with E-state index in [1.54, 1.807) is 48.5 Å². The standard InChI is InChI=1S/C21H21N3O4S/c1-15-7-11-19(12-8-15)29(26,27)23-14-18-10-9-17(28-18)13-22-24-21(25)20-6-4-3-5-16(20)2/h3-13,23H,14H2,1-2H3,(H,24,25)/b22-13-. The Hall–Kier alpha value is -3.23. The van der Waals surface area contributed by atoms with Gasteiger partial charge in [0.05, 0.1) is 17.7 Å². The zero-order chi connectivity index (χ0) is 20.9. The molecule has 7 nitrogen and oxygen atoms in total. The summed E-state index contributed by atoms with van der Waals surface area (Å²) in [6.07, 6.45) is 1.36. The molecule has 3 rings (SSSR count). The number of benzene rings is 2. The Morgan fingerprint density at radius 3 is 2.48 bits per heavy atom. The van der Waals surface area contributed by atoms with Crippen LogP contribution >= 0.6 is 0 Å². The molecule has 1 amide bonds. The number of rotatable bonds is 7. The summed E-state index contributed by atoms with van der Waals surface area (Å²) in [5.41, 5.74) is 4.80. The number of sulfonamides is 1. The minimum Gasteiger partial charge on any atom is -0.459 e. The van der Waals surface area contributed by atoms with Gasteiger partial charge in [-0.3, -0.25) is 4.79 Å². The predicted octanol–water partition coefficient (Wildman–Crippen LogP) is 3.14. The Kier molecular flexibility index (Phi) is 6.26. The number of carbonyl (C=O) groups excluding carboxylic acids is 1. The maximum Gasteiger partial charge on any atom is 0.271 e. The highest BCUT2D eigenvalue weighted by Crippen LogP contribution is 2.12. The fraction of sp³-hybridized carbons (Fsp3) is 0.143. The first-order valence-corrected chi connectivity index (χ1v) is 10.4. The van der Waals surface area contributed by atoms with E-state index in [0.717, 1.165) is 11.1 Å². The number of nitrogens with zero attached hydrogens (tertiary/aromatic N) is 1. The maximum absolute atomic E-state index is 12.3. The third-order valence-corrected chi connectivity index (χ3v) is 5.61. The van der Waals surface area contributed by atoms with Crippen LogP contribution in [0.5, 0.6) is 0 Å². The summed E-state index contributed by atoms with van der Waals surface area (Å²) >= 11 is 0. The molecule has 2 aromatic carbocycles. The number of aryl methyl sites for hydroxylation is 2. The lowest BCUT2D eigenvalue weighted by atomic mass is 10.1. The van der Waals surface area contributed by atoms with E-state index in [4.69, 9.17) is 4.42 Å². The highest BCUT2D eigenvalue weighted by Gasteiger charge is 2.14. The average molecular weight is 411 g/mol. The van der Waals surface area contributed by atoms with Crippen LogP contribution in [0.1, 0.15) is 33.0 Å². The van der Waals surface area contributed by atoms with Crippen LogP contribution in [-0.2, 0) is 16.6 Å². The predicted molar refractivity (Wildman–Crippen MR) is 110 cm³/mol. The second kappa shape index (κ2) is 8.85. The quantitative estimate of drug-likeness (QED) is 0.461. The van der Waals surface area contributed by atoms with Crippen molar-refractivity contribution in [3.8, 4) is 0 Å². The van der Waals surface area contributed by atoms with Crippen LogP contribution in [0.15, 0.2) is 75.1 Å². The molecule has 3 aromatic rings. The highest BCUT2D eigenvalue weighted by molar-refractivity contribution is 7.89. The number of amides is 1. The fourth-order valence-corrected chi connectivity index (χ4v) is 3.56. The van der Waals surface area contributed by atoms with Gasteiger partial charge in [0, 0.05) is 5.56 Å². The number of furan rings is 1. The fourth-order valence-electron chi connectivity index (χ4n) is 2.57. The Balaban J connectivity index is 1.56. The highest BCUT2D eigenvalue weighted by atomic mass is 32.2. The summed E-state index contributed by atoms with van der Waals surface area (Å²) in [5.74, 6) is 0.490. The molecule has 0 saturated carbocycles. The normalized spacial score (nSPS) is 11.7. The van der Waals surface area contributed by atoms with Gasteiger partial charge in [0.2, 0.25) is 10.0 Å². The third kappa shape index (κ3) is 5.40. The molecule has 0 aliphatic carbocycles. The van der Waals surface area contributed by atoms with Gasteiger partial charge in [-0.2, -0.15) is 5.10 Å². The molecule has 0 spiro atoms. The van der Waals surface area contributed by atoms with Gasteiger partial charge in [-0.05, 0) is 49.7 Å². The molecule has 0 atom stereocenters. The number of hydrogen-bond donors (Lipinski definition) is 2. The van der Waals surface area contributed by atoms with Crippen LogP contribution < -0.4 is 10.1 Å². The molecular weight excluding hydrogens is 390 g/mol. The minimum absolute atomic E-state index is 0.000378. The third-order valence-electron chi connectivity index (χ3n) is 4.20. The van der Waals surface area contributed by atoms with Crippen molar-refractivity contribution in [1.82, 2.24) is 10.1 Å². The number of nitrogens with one attached hydrogen (secondary N) is 2. The Morgan fingerprint density at radius 2 is 1.76 bits per heavy atom. The second-order valence-corrected chi connectivity index (χ2v) is 8.22. The van der Waals surface area contributed by atoms with Crippen molar-refractivity contribution in [3.63, 3.8) is 0 Å². The van der Waals surface area contributed by atoms with E-state index < -0.39 is 10.0 Å². The molecule has 2 N–H and O–H groups in total. The van der Waals surface area contributed by atoms with E-state index in [1.165, 1.54) is 6.21 Å². The van der Waals surface area contributed by atoms with Crippen molar-refractivity contribution in [3.05, 3.63) is 88.9 Å². The lowest BCUT2D eigenvalue weighted by molar-refractivity contribution is 0.0954. The first-order valence-electron chi connectivity index (χ1n) is 8.89. The molecule has 0 aliphatic rings. The first-order chi connectivity index (χ1) is 13.8. The summed E-state index contributed by atoms with van der Waals surface area (Å²) in [5, 5.41) is 3.88. The van der Waals surface area contributed by atoms with E-state index in [-0.39, 0.29) is 17.3 Å². The van der Waals surface area contributed by atoms with Gasteiger partial charge in [0.1, 0.15) is 11.5 Å². The summed E-state index contributed by atoms with van der Waals surface area (Å²) in [6, 6.07) is 17.0. The van der Waals surface area contributed by atoms with Gasteiger partial charge in [-0.15, -0.1) is 0 Å². The van der Waals surface area contributed by atoms with Gasteiger partial charge >= 0.3 is 0 Å². The van der Waals surface area contributed by atoms with Gasteiger partial charge in [-0.25, -0.2) is 18.6 Å². The molecule has 29 heavy (non-hydrogen) atoms. The number of hydrogen-bond acceptors (Lipinski definition) is 5. The van der Waals surface area contributed by atoms with Crippen LogP contribution in [0, 0.1) is 13.8 Å². The molecule has 1 heterocycles. The van der Waals surface area contributed by atoms with Gasteiger partial charge in [0.25, 0.3) is 5.91 Å². The van der Waals surface area contributed by atoms with Gasteiger partial charge in [0.15, 0.2) is 0 Å². The van der Waals surface area contributed by atoms with E-state index in [9.17, 15) is 13.2 Å². The summed E-state index contributed by atoms with van der Waals surface area (Å²) in [4.78, 5) is 12.3. The number of hydrazone groups is 1. The number of carbonyl (C=O) groups is 1. The Bertz CT molecular complexity index is 1130. The van der Waals surface area contributed by atoms with E-state index in [1.807, 2.05) is 26.0 Å². The lowest BCUT2D eigenvalue weighted by Crippen LogP contribution is -2.22. The Labute approximate surface area is 169 Å². The molecule has 150 valence electrons. The molecule has 0 aliphatic heterocycles. The van der Waals surface area contributed by atoms with Crippen molar-refractivity contribution in [1.29, 1.82) is 0 Å². The summed E-state index contributed by atoms with van der Waals surface area (Å²) in [7, 11) is -3.63. The second-order valence-electron chi connectivity index (χ2n) is 6.46. The van der Waals surface area contributed by atoms with Crippen molar-refractivity contribution in [2.24, 2.45) is 5.10 Å². The van der Waals surface area contributed by atoms with Crippen LogP contribution in [0.25, 0.3) is 0 Å². The topological polar surface area (TPSA) is 101 Å². The maximum atomic E-state index is 12.3. The van der Waals surface area contributed by atoms with Gasteiger partial charge < -0.3 is 4.42 Å². The van der Waals surface area contributed by atoms with Crippen molar-refractivity contribution < 1.29 is 17.6 Å². The SMILES string of the molecule is Cc1ccc(S(=O)(=O)NCc2ccc(/C=N\NC(=O)c3ccccc3C)o2)cc1. The molecule has 0 bridgehead atoms. The molecule has 8 heteroatoms. The molecule has 0 unspecified atom stereocenters. The largest absolute Gasteiger partial charge is 0.459 e. The molecule has 0 saturated heterocycles. The van der Waals surface area contributed by atoms with Crippen molar-refractivity contribution in [2.75, 3.05) is 0 Å². The average Bonchev–Trinajstić information content (AvgIpc) is 3.15. The van der Waals surface area contributed by atoms with Crippen molar-refractivity contribution >= 4 is 22.1 Å². The van der Waals surface area contributed by atoms with E-state index >= 15 is 0 Å². The summed E-state index contributed by atoms with van der Waals surface area (Å²) < 4.78 is 32.6. The van der Waals surface area contributed by atoms with Crippen LogP contribution in [0.4, 0.5) is 0 Å². The molecular formula is C21H21N3O4S. The monoisotopic (exact) mass is 411 g/mol. The molecule has 0 fully saturated rings. The van der Waals surface area contributed by atoms with Crippen LogP contribution in [0.2, 0.25) is 0 Å². The van der Waals surface area contributed by atoms with Crippen molar-refractivity contribution in [2.45, 2.75) is 25.3 Å².